The first-order valence-electron chi connectivity index (χ1n) is 26.1. The van der Waals surface area contributed by atoms with Gasteiger partial charge in [-0.25, -0.2) is 13.6 Å². The fourth-order valence-electron chi connectivity index (χ4n) is 12.9. The number of halogens is 2. The third kappa shape index (κ3) is 8.68. The predicted molar refractivity (Wildman–Crippen MR) is 276 cm³/mol. The highest BCUT2D eigenvalue weighted by molar-refractivity contribution is 6.25. The molecule has 20 heteroatoms. The molecule has 12 rings (SSSR count). The molecule has 3 aromatic carbocycles. The number of piperazine rings is 1. The Labute approximate surface area is 436 Å². The number of nitrogens with one attached hydrogen (secondary N) is 3. The molecule has 5 amide bonds. The van der Waals surface area contributed by atoms with Gasteiger partial charge in [0.15, 0.2) is 5.82 Å². The summed E-state index contributed by atoms with van der Waals surface area (Å²) in [5, 5.41) is 21.0. The van der Waals surface area contributed by atoms with E-state index in [9.17, 15) is 29.1 Å². The number of aromatic hydroxyl groups is 1. The summed E-state index contributed by atoms with van der Waals surface area (Å²) in [6, 6.07) is 9.76. The molecule has 0 aliphatic carbocycles. The van der Waals surface area contributed by atoms with E-state index in [4.69, 9.17) is 25.9 Å². The molecule has 7 aliphatic rings. The zero-order valence-corrected chi connectivity index (χ0v) is 41.7. The van der Waals surface area contributed by atoms with Gasteiger partial charge in [0.25, 0.3) is 11.8 Å². The van der Waals surface area contributed by atoms with Crippen molar-refractivity contribution >= 4 is 62.9 Å². The van der Waals surface area contributed by atoms with Crippen LogP contribution < -0.4 is 25.6 Å². The van der Waals surface area contributed by atoms with Crippen LogP contribution in [0.2, 0.25) is 0 Å². The number of pyridine rings is 1. The fraction of sp³-hybridized carbons (Fsp3) is 0.429. The summed E-state index contributed by atoms with van der Waals surface area (Å²) in [6.07, 6.45) is 13.4. The normalized spacial score (nSPS) is 24.6. The van der Waals surface area contributed by atoms with E-state index in [0.29, 0.717) is 73.9 Å². The second-order valence-corrected chi connectivity index (χ2v) is 21.4. The molecule has 76 heavy (non-hydrogen) atoms. The van der Waals surface area contributed by atoms with Crippen LogP contribution in [0.25, 0.3) is 32.9 Å². The Morgan fingerprint density at radius 3 is 2.57 bits per heavy atom. The minimum absolute atomic E-state index is 0.0185. The molecule has 18 nitrogen and oxygen atoms in total. The summed E-state index contributed by atoms with van der Waals surface area (Å²) in [6.45, 7) is 8.14. The first-order valence-corrected chi connectivity index (χ1v) is 26.1. The van der Waals surface area contributed by atoms with Gasteiger partial charge in [0.05, 0.1) is 27.6 Å². The van der Waals surface area contributed by atoms with Crippen LogP contribution in [0, 0.1) is 29.9 Å². The van der Waals surface area contributed by atoms with E-state index in [2.05, 4.69) is 43.2 Å². The van der Waals surface area contributed by atoms with Crippen LogP contribution in [0.1, 0.15) is 90.5 Å². The average molecular weight is 1040 g/mol. The largest absolute Gasteiger partial charge is 0.508 e. The highest BCUT2D eigenvalue weighted by Gasteiger charge is 2.52. The van der Waals surface area contributed by atoms with Crippen LogP contribution >= 0.6 is 0 Å². The first kappa shape index (κ1) is 49.1. The number of likely N-dealkylation sites (tertiary alicyclic amines) is 1. The van der Waals surface area contributed by atoms with Crippen molar-refractivity contribution in [1.82, 2.24) is 40.3 Å². The molecular weight excluding hydrogens is 979 g/mol. The second-order valence-electron chi connectivity index (χ2n) is 21.4. The summed E-state index contributed by atoms with van der Waals surface area (Å²) in [5.41, 5.74) is 1.30. The number of carbonyl (C=O) groups is 5. The monoisotopic (exact) mass is 1030 g/mol. The van der Waals surface area contributed by atoms with E-state index in [0.717, 1.165) is 55.4 Å². The Hall–Kier alpha value is -7.76. The summed E-state index contributed by atoms with van der Waals surface area (Å²) >= 11 is 0. The van der Waals surface area contributed by atoms with Gasteiger partial charge < -0.3 is 35.0 Å². The molecule has 5 aromatic rings. The van der Waals surface area contributed by atoms with Crippen molar-refractivity contribution in [3.63, 3.8) is 0 Å². The number of ether oxygens (including phenoxy) is 2. The molecule has 2 aromatic heterocycles. The number of hydrogen-bond donors (Lipinski definition) is 4. The number of hydrogen-bond acceptors (Lipinski definition) is 15. The van der Waals surface area contributed by atoms with Gasteiger partial charge in [0, 0.05) is 86.6 Å². The number of terminal acetylenes is 1. The number of anilines is 2. The predicted octanol–water partition coefficient (Wildman–Crippen LogP) is 6.04. The molecule has 0 spiro atoms. The minimum atomic E-state index is -1.04. The van der Waals surface area contributed by atoms with Gasteiger partial charge in [-0.1, -0.05) is 30.2 Å². The lowest BCUT2D eigenvalue weighted by Crippen LogP contribution is -2.54. The lowest BCUT2D eigenvalue weighted by atomic mass is 9.93. The number of aromatic nitrogens is 3. The summed E-state index contributed by atoms with van der Waals surface area (Å²) in [7, 11) is 0. The molecule has 6 fully saturated rings. The highest BCUT2D eigenvalue weighted by atomic mass is 19.1. The number of benzene rings is 3. The van der Waals surface area contributed by atoms with Gasteiger partial charge >= 0.3 is 12.1 Å². The van der Waals surface area contributed by atoms with Crippen LogP contribution in [0.5, 0.6) is 11.8 Å². The second kappa shape index (κ2) is 19.4. The number of nitrogens with zero attached hydrogens (tertiary/aromatic N) is 7. The van der Waals surface area contributed by atoms with Gasteiger partial charge in [0.1, 0.15) is 47.9 Å². The number of fused-ring (bicyclic) bond motifs is 6. The van der Waals surface area contributed by atoms with Crippen LogP contribution in [0.15, 0.2) is 60.8 Å². The Morgan fingerprint density at radius 2 is 1.79 bits per heavy atom. The number of rotatable bonds is 12. The maximum absolute atomic E-state index is 17.3. The number of phenols is 1. The highest BCUT2D eigenvalue weighted by Crippen LogP contribution is 2.45. The van der Waals surface area contributed by atoms with Crippen molar-refractivity contribution in [2.75, 3.05) is 62.7 Å². The van der Waals surface area contributed by atoms with Crippen molar-refractivity contribution in [2.45, 2.75) is 93.9 Å². The number of imide groups is 2. The minimum Gasteiger partial charge on any atom is -0.508 e. The molecule has 0 radical (unpaired) electrons. The van der Waals surface area contributed by atoms with E-state index >= 15 is 8.78 Å². The molecule has 4 N–H and O–H groups in total. The smallest absolute Gasteiger partial charge is 0.409 e. The van der Waals surface area contributed by atoms with Crippen LogP contribution in [-0.4, -0.2) is 147 Å². The van der Waals surface area contributed by atoms with Crippen molar-refractivity contribution in [3.05, 3.63) is 89.1 Å². The van der Waals surface area contributed by atoms with Crippen LogP contribution in [-0.2, 0) is 14.3 Å². The molecule has 5 atom stereocenters. The fourth-order valence-corrected chi connectivity index (χ4v) is 12.9. The van der Waals surface area contributed by atoms with Crippen LogP contribution in [0.3, 0.4) is 0 Å². The van der Waals surface area contributed by atoms with Crippen LogP contribution in [0.4, 0.5) is 25.1 Å². The molecular formula is C56H56F2N10O8. The third-order valence-corrected chi connectivity index (χ3v) is 16.7. The summed E-state index contributed by atoms with van der Waals surface area (Å²) < 4.78 is 45.0. The third-order valence-electron chi connectivity index (χ3n) is 16.7. The van der Waals surface area contributed by atoms with Gasteiger partial charge in [-0.3, -0.25) is 39.3 Å². The Balaban J connectivity index is 0.693. The van der Waals surface area contributed by atoms with Crippen molar-refractivity contribution < 1.29 is 47.3 Å². The molecule has 2 bridgehead atoms. The molecule has 6 saturated heterocycles. The zero-order chi connectivity index (χ0) is 52.6. The van der Waals surface area contributed by atoms with Gasteiger partial charge in [-0.05, 0) is 99.4 Å². The Morgan fingerprint density at radius 1 is 0.987 bits per heavy atom. The van der Waals surface area contributed by atoms with E-state index in [1.807, 2.05) is 0 Å². The van der Waals surface area contributed by atoms with Gasteiger partial charge in [0.2, 0.25) is 11.8 Å². The summed E-state index contributed by atoms with van der Waals surface area (Å²) in [5.74, 6) is -0.655. The first-order chi connectivity index (χ1) is 36.7. The number of piperidine rings is 2. The molecule has 9 heterocycles. The van der Waals surface area contributed by atoms with E-state index in [-0.39, 0.29) is 101 Å². The summed E-state index contributed by atoms with van der Waals surface area (Å²) in [4.78, 5) is 86.0. The maximum Gasteiger partial charge on any atom is 0.409 e. The Kier molecular flexibility index (Phi) is 12.6. The average Bonchev–Trinajstić information content (AvgIpc) is 4.24. The van der Waals surface area contributed by atoms with E-state index < -0.39 is 46.8 Å². The standard InChI is InChI=1S/C56H56F2N10O8/c1-3-37-41(57)10-7-32-21-36(69)22-39(45(32)37)48-47(58)49-40(24-60-48)50(66-26-33-8-9-34(27-66)61-33)64-54(63-49)76-29-56-17-13-35(67(56)25-30(2)23-56)28-75-55(74)65-19-15-31(16-20-65)14-18-59-42-6-4-5-38-46(42)53(73)68(52(38)72)43-11-12-44(70)62-51(43)71/h1,4-7,10,21-22,24,31,33-35,43,59,61,69H,2,8-9,11-20,23,25-29H2,(H,62,70,71)/t33?,34?,35-,43?,56-/m0/s1. The van der Waals surface area contributed by atoms with E-state index in [1.165, 1.54) is 30.5 Å². The number of phenolic OH excluding ortho intramolecular Hbond substituents is 1. The molecule has 7 aliphatic heterocycles. The van der Waals surface area contributed by atoms with Gasteiger partial charge in [-0.15, -0.1) is 6.42 Å². The molecule has 0 saturated carbocycles. The van der Waals surface area contributed by atoms with Crippen molar-refractivity contribution in [3.8, 4) is 35.4 Å². The number of carbonyl (C=O) groups excluding carboxylic acids is 5. The zero-order valence-electron chi connectivity index (χ0n) is 41.7. The SMILES string of the molecule is C#Cc1c(F)ccc2cc(O)cc(-c3ncc4c(N5CC6CCC(C5)N6)nc(OC[C@@]56CC[C@@H](COC(=O)N7CCC(CCNc8cccc9c8C(=O)N(C8CCC(=O)NC8=O)C9=O)CC7)N5CC(=C)C6)nc4c3F)c12. The Bertz CT molecular complexity index is 3330. The maximum atomic E-state index is 17.3. The van der Waals surface area contributed by atoms with E-state index in [1.54, 1.807) is 23.1 Å². The van der Waals surface area contributed by atoms with Crippen molar-refractivity contribution in [2.24, 2.45) is 5.92 Å². The lowest BCUT2D eigenvalue weighted by Gasteiger charge is -2.35. The van der Waals surface area contributed by atoms with Gasteiger partial charge in [-0.2, -0.15) is 9.97 Å². The lowest BCUT2D eigenvalue weighted by molar-refractivity contribution is -0.136. The quantitative estimate of drug-likeness (QED) is 0.0637. The topological polar surface area (TPSA) is 212 Å². The van der Waals surface area contributed by atoms with Crippen molar-refractivity contribution in [1.29, 1.82) is 0 Å². The molecule has 392 valence electrons. The number of amides is 5. The molecule has 3 unspecified atom stereocenters.